The van der Waals surface area contributed by atoms with Crippen LogP contribution in [0.1, 0.15) is 92.4 Å². The van der Waals surface area contributed by atoms with Crippen LogP contribution in [0.2, 0.25) is 0 Å². The number of amides is 4. The maximum absolute atomic E-state index is 12.0. The van der Waals surface area contributed by atoms with Crippen LogP contribution >= 0.6 is 11.8 Å². The van der Waals surface area contributed by atoms with Crippen LogP contribution in [0.3, 0.4) is 0 Å². The lowest BCUT2D eigenvalue weighted by molar-refractivity contribution is -0.137. The number of unbranched alkanes of at least 4 members (excludes halogenated alkanes) is 1. The third-order valence-corrected chi connectivity index (χ3v) is 9.39. The molecular formula is C33H63N5O8S. The van der Waals surface area contributed by atoms with Gasteiger partial charge in [-0.25, -0.2) is 4.79 Å². The second kappa shape index (κ2) is 26.8. The molecule has 2 saturated heterocycles. The highest BCUT2D eigenvalue weighted by molar-refractivity contribution is 8.00. The molecule has 0 bridgehead atoms. The van der Waals surface area contributed by atoms with Crippen molar-refractivity contribution < 1.29 is 38.5 Å². The fraction of sp³-hybridized carbons (Fsp3) is 0.879. The van der Waals surface area contributed by atoms with Crippen molar-refractivity contribution in [2.75, 3.05) is 65.0 Å². The van der Waals surface area contributed by atoms with Gasteiger partial charge in [-0.05, 0) is 66.3 Å². The molecule has 0 aromatic carbocycles. The van der Waals surface area contributed by atoms with E-state index >= 15 is 0 Å². The van der Waals surface area contributed by atoms with E-state index in [1.54, 1.807) is 0 Å². The van der Waals surface area contributed by atoms with Crippen molar-refractivity contribution in [2.45, 2.75) is 122 Å². The van der Waals surface area contributed by atoms with Gasteiger partial charge in [0.25, 0.3) is 0 Å². The number of aliphatic carboxylic acids is 1. The molecule has 14 heteroatoms. The lowest BCUT2D eigenvalue weighted by Crippen LogP contribution is -2.36. The Bertz CT molecular complexity index is 874. The maximum Gasteiger partial charge on any atom is 0.315 e. The monoisotopic (exact) mass is 689 g/mol. The van der Waals surface area contributed by atoms with E-state index in [0.717, 1.165) is 38.0 Å². The molecule has 0 radical (unpaired) electrons. The minimum atomic E-state index is -0.892. The van der Waals surface area contributed by atoms with Crippen molar-refractivity contribution in [3.05, 3.63) is 0 Å². The van der Waals surface area contributed by atoms with Crippen molar-refractivity contribution in [1.29, 1.82) is 0 Å². The molecule has 2 aliphatic heterocycles. The molecule has 5 N–H and O–H groups in total. The lowest BCUT2D eigenvalue weighted by atomic mass is 10.0. The number of carboxylic acids is 1. The van der Waals surface area contributed by atoms with E-state index in [4.69, 9.17) is 19.3 Å². The van der Waals surface area contributed by atoms with Gasteiger partial charge in [0, 0.05) is 68.7 Å². The number of nitrogens with zero attached hydrogens (tertiary/aromatic N) is 1. The molecule has 0 unspecified atom stereocenters. The predicted molar refractivity (Wildman–Crippen MR) is 186 cm³/mol. The van der Waals surface area contributed by atoms with Crippen LogP contribution in [-0.4, -0.2) is 128 Å². The van der Waals surface area contributed by atoms with E-state index in [9.17, 15) is 19.2 Å². The van der Waals surface area contributed by atoms with Crippen LogP contribution in [0.15, 0.2) is 0 Å². The molecule has 0 aliphatic carbocycles. The number of carbonyl (C=O) groups excluding carboxylic acids is 3. The number of carboxylic acid groups (broad SMARTS) is 1. The molecule has 0 spiro atoms. The summed E-state index contributed by atoms with van der Waals surface area (Å²) >= 11 is 1.90. The van der Waals surface area contributed by atoms with Gasteiger partial charge >= 0.3 is 12.0 Å². The highest BCUT2D eigenvalue weighted by Gasteiger charge is 2.42. The van der Waals surface area contributed by atoms with E-state index in [0.29, 0.717) is 89.3 Å². The standard InChI is InChI=1S/C25H44N4O8S.C8H19N/c30-21(7-2-1-6-20-24-19(18-38-20)28-25(34)29-24)26-10-4-12-35-14-16-37-17-15-36-13-5-11-27-22(31)8-3-9-23(32)33;1-6-9(7(2)3)8(4)5/h19-20,24H,1-18H2,(H,26,30)(H,27,31)(H,32,33)(H2,28,29,34);7-8H,6H2,1-5H3/t19-,20-,24-;/m0./s1. The van der Waals surface area contributed by atoms with Gasteiger partial charge < -0.3 is 40.6 Å². The van der Waals surface area contributed by atoms with Gasteiger partial charge in [-0.1, -0.05) is 13.3 Å². The minimum Gasteiger partial charge on any atom is -0.481 e. The number of rotatable bonds is 26. The van der Waals surface area contributed by atoms with Crippen molar-refractivity contribution >= 4 is 35.6 Å². The van der Waals surface area contributed by atoms with Crippen LogP contribution in [0.5, 0.6) is 0 Å². The van der Waals surface area contributed by atoms with Crippen LogP contribution in [0, 0.1) is 0 Å². The third-order valence-electron chi connectivity index (χ3n) is 7.89. The average Bonchev–Trinajstić information content (AvgIpc) is 3.56. The smallest absolute Gasteiger partial charge is 0.315 e. The Balaban J connectivity index is 0.00000107. The van der Waals surface area contributed by atoms with E-state index in [1.807, 2.05) is 11.8 Å². The maximum atomic E-state index is 12.0. The van der Waals surface area contributed by atoms with E-state index in [-0.39, 0.29) is 42.8 Å². The van der Waals surface area contributed by atoms with Gasteiger partial charge in [0.1, 0.15) is 0 Å². The molecule has 0 aromatic heterocycles. The summed E-state index contributed by atoms with van der Waals surface area (Å²) in [5, 5.41) is 20.6. The molecule has 2 aliphatic rings. The number of fused-ring (bicyclic) bond motifs is 1. The Kier molecular flexibility index (Phi) is 24.4. The van der Waals surface area contributed by atoms with Gasteiger partial charge in [0.2, 0.25) is 11.8 Å². The summed E-state index contributed by atoms with van der Waals surface area (Å²) in [6, 6.07) is 1.79. The lowest BCUT2D eigenvalue weighted by Gasteiger charge is -2.28. The Morgan fingerprint density at radius 2 is 1.34 bits per heavy atom. The molecule has 13 nitrogen and oxygen atoms in total. The first kappa shape index (κ1) is 42.9. The van der Waals surface area contributed by atoms with E-state index in [1.165, 1.54) is 0 Å². The second-order valence-corrected chi connectivity index (χ2v) is 13.6. The number of urea groups is 1. The Labute approximate surface area is 286 Å². The first-order chi connectivity index (χ1) is 22.5. The molecule has 47 heavy (non-hydrogen) atoms. The zero-order valence-electron chi connectivity index (χ0n) is 29.5. The second-order valence-electron chi connectivity index (χ2n) is 12.4. The average molecular weight is 690 g/mol. The van der Waals surface area contributed by atoms with E-state index in [2.05, 4.69) is 60.8 Å². The highest BCUT2D eigenvalue weighted by Crippen LogP contribution is 2.33. The van der Waals surface area contributed by atoms with Gasteiger partial charge in [-0.15, -0.1) is 0 Å². The summed E-state index contributed by atoms with van der Waals surface area (Å²) < 4.78 is 16.4. The Hall–Kier alpha value is -2.13. The summed E-state index contributed by atoms with van der Waals surface area (Å²) in [5.74, 6) is -0.00156. The van der Waals surface area contributed by atoms with Crippen molar-refractivity contribution in [3.63, 3.8) is 0 Å². The van der Waals surface area contributed by atoms with Crippen molar-refractivity contribution in [3.8, 4) is 0 Å². The van der Waals surface area contributed by atoms with Gasteiger partial charge in [-0.2, -0.15) is 11.8 Å². The van der Waals surface area contributed by atoms with Crippen LogP contribution in [-0.2, 0) is 28.6 Å². The first-order valence-corrected chi connectivity index (χ1v) is 18.5. The fourth-order valence-electron chi connectivity index (χ4n) is 5.52. The Morgan fingerprint density at radius 3 is 1.83 bits per heavy atom. The SMILES string of the molecule is CCN(C(C)C)C(C)C.O=C(O)CCCC(=O)NCCCOCCOCCOCCCNC(=O)CCCC[C@@H]1SC[C@@H]2NC(=O)N[C@@H]21. The molecule has 2 fully saturated rings. The number of hydrogen-bond acceptors (Lipinski definition) is 9. The number of ether oxygens (including phenoxy) is 3. The van der Waals surface area contributed by atoms with Gasteiger partial charge in [-0.3, -0.25) is 19.3 Å². The van der Waals surface area contributed by atoms with Crippen LogP contribution in [0.25, 0.3) is 0 Å². The summed E-state index contributed by atoms with van der Waals surface area (Å²) in [5.41, 5.74) is 0. The summed E-state index contributed by atoms with van der Waals surface area (Å²) in [6.45, 7) is 16.4. The third kappa shape index (κ3) is 21.5. The Morgan fingerprint density at radius 1 is 0.809 bits per heavy atom. The van der Waals surface area contributed by atoms with Gasteiger partial charge in [0.05, 0.1) is 38.5 Å². The topological polar surface area (TPSA) is 168 Å². The largest absolute Gasteiger partial charge is 0.481 e. The summed E-state index contributed by atoms with van der Waals surface area (Å²) in [4.78, 5) is 47.7. The van der Waals surface area contributed by atoms with E-state index < -0.39 is 5.97 Å². The molecule has 0 saturated carbocycles. The summed E-state index contributed by atoms with van der Waals surface area (Å²) in [7, 11) is 0. The minimum absolute atomic E-state index is 0.00453. The highest BCUT2D eigenvalue weighted by atomic mass is 32.2. The molecule has 3 atom stereocenters. The quantitative estimate of drug-likeness (QED) is 0.0673. The van der Waals surface area contributed by atoms with Gasteiger partial charge in [0.15, 0.2) is 0 Å². The zero-order chi connectivity index (χ0) is 34.9. The number of nitrogens with one attached hydrogen (secondary N) is 4. The molecule has 0 aromatic rings. The molecule has 274 valence electrons. The van der Waals surface area contributed by atoms with Crippen molar-refractivity contribution in [1.82, 2.24) is 26.2 Å². The number of carbonyl (C=O) groups is 4. The van der Waals surface area contributed by atoms with Crippen molar-refractivity contribution in [2.24, 2.45) is 0 Å². The molecule has 2 rings (SSSR count). The first-order valence-electron chi connectivity index (χ1n) is 17.5. The molecule has 2 heterocycles. The zero-order valence-corrected chi connectivity index (χ0v) is 30.3. The molecule has 4 amide bonds. The van der Waals surface area contributed by atoms with Crippen LogP contribution < -0.4 is 21.3 Å². The predicted octanol–water partition coefficient (Wildman–Crippen LogP) is 3.15. The normalized spacial score (nSPS) is 18.5. The number of thioether (sulfide) groups is 1. The fourth-order valence-corrected chi connectivity index (χ4v) is 7.07. The van der Waals surface area contributed by atoms with Crippen LogP contribution in [0.4, 0.5) is 4.79 Å². The summed E-state index contributed by atoms with van der Waals surface area (Å²) in [6.07, 6.45) is 5.38. The molecular weight excluding hydrogens is 626 g/mol. The number of hydrogen-bond donors (Lipinski definition) is 5.